The van der Waals surface area contributed by atoms with Crippen LogP contribution in [0.1, 0.15) is 16.7 Å². The standard InChI is InChI=1S/C24H20N2OS/c27-23-22(16-19-10-4-1-5-11-19)28-24(25-17-20-12-6-2-7-13-20)26(23)18-21-14-8-3-9-15-21/h1-16H,17-18H2/b22-16-,25-24?. The summed E-state index contributed by atoms with van der Waals surface area (Å²) in [5, 5.41) is 0.750. The van der Waals surface area contributed by atoms with Crippen molar-refractivity contribution in [2.45, 2.75) is 13.1 Å². The molecule has 138 valence electrons. The number of nitrogens with zero attached hydrogens (tertiary/aromatic N) is 2. The molecule has 1 fully saturated rings. The molecule has 1 aliphatic rings. The van der Waals surface area contributed by atoms with Gasteiger partial charge in [-0.15, -0.1) is 0 Å². The van der Waals surface area contributed by atoms with E-state index < -0.39 is 0 Å². The van der Waals surface area contributed by atoms with Crippen molar-refractivity contribution in [3.8, 4) is 0 Å². The highest BCUT2D eigenvalue weighted by atomic mass is 32.2. The summed E-state index contributed by atoms with van der Waals surface area (Å²) in [6.07, 6.45) is 1.94. The molecule has 0 spiro atoms. The smallest absolute Gasteiger partial charge is 0.267 e. The van der Waals surface area contributed by atoms with Crippen LogP contribution in [0.3, 0.4) is 0 Å². The molecule has 4 heteroatoms. The maximum absolute atomic E-state index is 13.1. The molecule has 0 bridgehead atoms. The van der Waals surface area contributed by atoms with Gasteiger partial charge in [0.25, 0.3) is 5.91 Å². The van der Waals surface area contributed by atoms with Crippen LogP contribution in [0.4, 0.5) is 0 Å². The molecular formula is C24H20N2OS. The number of rotatable bonds is 5. The molecule has 4 rings (SSSR count). The fraction of sp³-hybridized carbons (Fsp3) is 0.0833. The normalized spacial score (nSPS) is 16.9. The monoisotopic (exact) mass is 384 g/mol. The minimum Gasteiger partial charge on any atom is -0.282 e. The van der Waals surface area contributed by atoms with Crippen molar-refractivity contribution in [1.29, 1.82) is 0 Å². The molecule has 0 unspecified atom stereocenters. The zero-order valence-electron chi connectivity index (χ0n) is 15.4. The highest BCUT2D eigenvalue weighted by molar-refractivity contribution is 8.18. The summed E-state index contributed by atoms with van der Waals surface area (Å²) in [5.74, 6) is 0.00418. The first-order valence-electron chi connectivity index (χ1n) is 9.18. The highest BCUT2D eigenvalue weighted by Gasteiger charge is 2.33. The van der Waals surface area contributed by atoms with Gasteiger partial charge in [0.15, 0.2) is 5.17 Å². The number of carbonyl (C=O) groups excluding carboxylic acids is 1. The van der Waals surface area contributed by atoms with Gasteiger partial charge in [0.05, 0.1) is 18.0 Å². The average molecular weight is 385 g/mol. The van der Waals surface area contributed by atoms with Crippen molar-refractivity contribution < 1.29 is 4.79 Å². The van der Waals surface area contributed by atoms with Crippen molar-refractivity contribution >= 4 is 28.9 Å². The summed E-state index contributed by atoms with van der Waals surface area (Å²) in [6.45, 7) is 1.08. The summed E-state index contributed by atoms with van der Waals surface area (Å²) in [4.78, 5) is 20.3. The topological polar surface area (TPSA) is 32.7 Å². The molecular weight excluding hydrogens is 364 g/mol. The van der Waals surface area contributed by atoms with E-state index in [1.54, 1.807) is 4.90 Å². The molecule has 1 amide bonds. The number of aliphatic imine (C=N–C) groups is 1. The first-order valence-corrected chi connectivity index (χ1v) is 10.00. The van der Waals surface area contributed by atoms with Crippen LogP contribution in [-0.2, 0) is 17.9 Å². The van der Waals surface area contributed by atoms with E-state index in [9.17, 15) is 4.79 Å². The van der Waals surface area contributed by atoms with Crippen molar-refractivity contribution in [2.24, 2.45) is 4.99 Å². The van der Waals surface area contributed by atoms with Gasteiger partial charge in [-0.2, -0.15) is 0 Å². The highest BCUT2D eigenvalue weighted by Crippen LogP contribution is 2.34. The summed E-state index contributed by atoms with van der Waals surface area (Å²) in [6, 6.07) is 30.1. The van der Waals surface area contributed by atoms with E-state index in [0.717, 1.165) is 21.9 Å². The van der Waals surface area contributed by atoms with E-state index >= 15 is 0 Å². The van der Waals surface area contributed by atoms with Crippen molar-refractivity contribution in [1.82, 2.24) is 4.90 Å². The lowest BCUT2D eigenvalue weighted by atomic mass is 10.2. The second kappa shape index (κ2) is 8.72. The maximum atomic E-state index is 13.1. The Morgan fingerprint density at radius 2 is 1.36 bits per heavy atom. The molecule has 3 nitrogen and oxygen atoms in total. The van der Waals surface area contributed by atoms with Crippen LogP contribution in [0.25, 0.3) is 6.08 Å². The predicted molar refractivity (Wildman–Crippen MR) is 117 cm³/mol. The van der Waals surface area contributed by atoms with Crippen LogP contribution in [-0.4, -0.2) is 16.0 Å². The lowest BCUT2D eigenvalue weighted by Crippen LogP contribution is -2.28. The van der Waals surface area contributed by atoms with Gasteiger partial charge in [-0.3, -0.25) is 14.7 Å². The van der Waals surface area contributed by atoms with Crippen LogP contribution in [0, 0.1) is 0 Å². The average Bonchev–Trinajstić information content (AvgIpc) is 3.03. The first kappa shape index (κ1) is 18.3. The lowest BCUT2D eigenvalue weighted by Gasteiger charge is -2.15. The third-order valence-corrected chi connectivity index (χ3v) is 5.45. The Kier molecular flexibility index (Phi) is 5.69. The second-order valence-electron chi connectivity index (χ2n) is 6.48. The van der Waals surface area contributed by atoms with Gasteiger partial charge in [-0.25, -0.2) is 0 Å². The predicted octanol–water partition coefficient (Wildman–Crippen LogP) is 5.36. The van der Waals surface area contributed by atoms with Crippen molar-refractivity contribution in [3.05, 3.63) is 113 Å². The molecule has 0 atom stereocenters. The first-order chi connectivity index (χ1) is 13.8. The number of carbonyl (C=O) groups is 1. The molecule has 0 saturated carbocycles. The van der Waals surface area contributed by atoms with E-state index in [1.807, 2.05) is 97.1 Å². The minimum absolute atomic E-state index is 0.00418. The van der Waals surface area contributed by atoms with Crippen LogP contribution < -0.4 is 0 Å². The molecule has 1 heterocycles. The van der Waals surface area contributed by atoms with Gasteiger partial charge in [0.1, 0.15) is 0 Å². The molecule has 0 radical (unpaired) electrons. The fourth-order valence-corrected chi connectivity index (χ4v) is 3.95. The van der Waals surface area contributed by atoms with Crippen LogP contribution in [0.15, 0.2) is 101 Å². The molecule has 1 aliphatic heterocycles. The number of thioether (sulfide) groups is 1. The fourth-order valence-electron chi connectivity index (χ4n) is 2.97. The van der Waals surface area contributed by atoms with Crippen molar-refractivity contribution in [3.63, 3.8) is 0 Å². The Balaban J connectivity index is 1.63. The largest absolute Gasteiger partial charge is 0.282 e. The Morgan fingerprint density at radius 3 is 2.00 bits per heavy atom. The van der Waals surface area contributed by atoms with Gasteiger partial charge in [-0.1, -0.05) is 91.0 Å². The molecule has 0 aromatic heterocycles. The zero-order valence-corrected chi connectivity index (χ0v) is 16.2. The molecule has 0 aliphatic carbocycles. The van der Waals surface area contributed by atoms with E-state index in [2.05, 4.69) is 0 Å². The van der Waals surface area contributed by atoms with Crippen LogP contribution in [0.5, 0.6) is 0 Å². The maximum Gasteiger partial charge on any atom is 0.267 e. The number of benzene rings is 3. The van der Waals surface area contributed by atoms with Gasteiger partial charge in [-0.05, 0) is 34.5 Å². The van der Waals surface area contributed by atoms with Gasteiger partial charge >= 0.3 is 0 Å². The second-order valence-corrected chi connectivity index (χ2v) is 7.49. The van der Waals surface area contributed by atoms with E-state index in [4.69, 9.17) is 4.99 Å². The van der Waals surface area contributed by atoms with E-state index in [-0.39, 0.29) is 5.91 Å². The van der Waals surface area contributed by atoms with Gasteiger partial charge < -0.3 is 0 Å². The van der Waals surface area contributed by atoms with E-state index in [0.29, 0.717) is 18.0 Å². The molecule has 28 heavy (non-hydrogen) atoms. The number of amidine groups is 1. The molecule has 0 N–H and O–H groups in total. The third-order valence-electron chi connectivity index (χ3n) is 4.41. The number of hydrogen-bond acceptors (Lipinski definition) is 3. The third kappa shape index (κ3) is 4.41. The van der Waals surface area contributed by atoms with Crippen LogP contribution >= 0.6 is 11.8 Å². The Labute approximate surface area is 169 Å². The SMILES string of the molecule is O=C1/C(=C/c2ccccc2)SC(=NCc2ccccc2)N1Cc1ccccc1. The quantitative estimate of drug-likeness (QED) is 0.555. The molecule has 3 aromatic rings. The summed E-state index contributed by atoms with van der Waals surface area (Å²) < 4.78 is 0. The number of amides is 1. The summed E-state index contributed by atoms with van der Waals surface area (Å²) in [5.41, 5.74) is 3.23. The Bertz CT molecular complexity index is 999. The zero-order chi connectivity index (χ0) is 19.2. The molecule has 3 aromatic carbocycles. The van der Waals surface area contributed by atoms with E-state index in [1.165, 1.54) is 11.8 Å². The molecule has 1 saturated heterocycles. The van der Waals surface area contributed by atoms with Crippen molar-refractivity contribution in [2.75, 3.05) is 0 Å². The Hall–Kier alpha value is -3.11. The lowest BCUT2D eigenvalue weighted by molar-refractivity contribution is -0.122. The summed E-state index contributed by atoms with van der Waals surface area (Å²) >= 11 is 1.45. The minimum atomic E-state index is 0.00418. The summed E-state index contributed by atoms with van der Waals surface area (Å²) in [7, 11) is 0. The van der Waals surface area contributed by atoms with Gasteiger partial charge in [0, 0.05) is 0 Å². The van der Waals surface area contributed by atoms with Crippen LogP contribution in [0.2, 0.25) is 0 Å². The van der Waals surface area contributed by atoms with Gasteiger partial charge in [0.2, 0.25) is 0 Å². The Morgan fingerprint density at radius 1 is 0.786 bits per heavy atom. The number of hydrogen-bond donors (Lipinski definition) is 0.